The Morgan fingerprint density at radius 2 is 1.94 bits per heavy atom. The summed E-state index contributed by atoms with van der Waals surface area (Å²) in [6, 6.07) is 16.1. The number of furan rings is 1. The molecule has 0 unspecified atom stereocenters. The first-order chi connectivity index (χ1) is 17.0. The Bertz CT molecular complexity index is 1690. The van der Waals surface area contributed by atoms with Crippen molar-refractivity contribution < 1.29 is 4.42 Å². The van der Waals surface area contributed by atoms with Crippen LogP contribution in [0.4, 0.5) is 11.5 Å². The van der Waals surface area contributed by atoms with Crippen molar-refractivity contribution in [3.8, 4) is 22.7 Å². The van der Waals surface area contributed by atoms with Gasteiger partial charge in [0.25, 0.3) is 0 Å². The van der Waals surface area contributed by atoms with Gasteiger partial charge in [-0.05, 0) is 52.7 Å². The molecular formula is C25H21BrN8O. The predicted molar refractivity (Wildman–Crippen MR) is 138 cm³/mol. The number of halogens is 1. The van der Waals surface area contributed by atoms with E-state index in [9.17, 15) is 0 Å². The highest BCUT2D eigenvalue weighted by Crippen LogP contribution is 2.42. The number of hydrogen-bond donors (Lipinski definition) is 1. The second-order valence-electron chi connectivity index (χ2n) is 8.25. The fourth-order valence-corrected chi connectivity index (χ4v) is 4.89. The number of aryl methyl sites for hydroxylation is 2. The number of anilines is 2. The zero-order valence-corrected chi connectivity index (χ0v) is 20.9. The molecule has 0 amide bonds. The molecule has 174 valence electrons. The number of hydrogen-bond acceptors (Lipinski definition) is 7. The van der Waals surface area contributed by atoms with Crippen molar-refractivity contribution in [1.29, 1.82) is 0 Å². The molecule has 0 saturated heterocycles. The molecule has 4 aromatic heterocycles. The van der Waals surface area contributed by atoms with Crippen LogP contribution in [-0.2, 0) is 6.42 Å². The van der Waals surface area contributed by atoms with Crippen molar-refractivity contribution in [1.82, 2.24) is 35.0 Å². The Labute approximate surface area is 208 Å². The average Bonchev–Trinajstić information content (AvgIpc) is 3.63. The third-order valence-corrected chi connectivity index (χ3v) is 6.96. The predicted octanol–water partition coefficient (Wildman–Crippen LogP) is 5.72. The van der Waals surface area contributed by atoms with Crippen molar-refractivity contribution in [2.24, 2.45) is 0 Å². The summed E-state index contributed by atoms with van der Waals surface area (Å²) < 4.78 is 9.19. The van der Waals surface area contributed by atoms with E-state index in [0.717, 1.165) is 61.5 Å². The van der Waals surface area contributed by atoms with Crippen LogP contribution in [0.1, 0.15) is 18.3 Å². The Kier molecular flexibility index (Phi) is 5.10. The van der Waals surface area contributed by atoms with Gasteiger partial charge in [-0.25, -0.2) is 9.97 Å². The van der Waals surface area contributed by atoms with Crippen molar-refractivity contribution in [3.63, 3.8) is 0 Å². The minimum atomic E-state index is 0.512. The maximum absolute atomic E-state index is 6.30. The van der Waals surface area contributed by atoms with Crippen LogP contribution in [0.5, 0.6) is 0 Å². The third kappa shape index (κ3) is 3.48. The molecule has 0 radical (unpaired) electrons. The molecule has 1 N–H and O–H groups in total. The number of imidazole rings is 1. The molecule has 0 spiro atoms. The number of rotatable bonds is 5. The SMILES string of the molecule is CCc1cc(N(C)c2ccc3oc(-c4ccccc4-c4nn[nH]n4)c(Br)c3c2)n2cnc(C)c2n1. The molecule has 0 aliphatic carbocycles. The Morgan fingerprint density at radius 1 is 1.11 bits per heavy atom. The molecule has 2 aromatic carbocycles. The molecule has 6 rings (SSSR count). The number of fused-ring (bicyclic) bond motifs is 2. The minimum absolute atomic E-state index is 0.512. The molecule has 35 heavy (non-hydrogen) atoms. The van der Waals surface area contributed by atoms with Crippen LogP contribution < -0.4 is 4.90 Å². The number of aromatic amines is 1. The van der Waals surface area contributed by atoms with Gasteiger partial charge in [0, 0.05) is 41.0 Å². The molecule has 0 saturated carbocycles. The monoisotopic (exact) mass is 528 g/mol. The van der Waals surface area contributed by atoms with E-state index < -0.39 is 0 Å². The van der Waals surface area contributed by atoms with Crippen molar-refractivity contribution in [3.05, 3.63) is 70.7 Å². The van der Waals surface area contributed by atoms with Crippen LogP contribution >= 0.6 is 15.9 Å². The number of nitrogens with zero attached hydrogens (tertiary/aromatic N) is 7. The molecule has 10 heteroatoms. The molecule has 0 bridgehead atoms. The van der Waals surface area contributed by atoms with E-state index in [1.54, 1.807) is 0 Å². The van der Waals surface area contributed by atoms with E-state index >= 15 is 0 Å². The lowest BCUT2D eigenvalue weighted by Gasteiger charge is -2.21. The highest BCUT2D eigenvalue weighted by Gasteiger charge is 2.20. The summed E-state index contributed by atoms with van der Waals surface area (Å²) in [4.78, 5) is 11.4. The van der Waals surface area contributed by atoms with E-state index in [4.69, 9.17) is 9.40 Å². The van der Waals surface area contributed by atoms with Gasteiger partial charge < -0.3 is 9.32 Å². The van der Waals surface area contributed by atoms with Gasteiger partial charge in [-0.3, -0.25) is 4.40 Å². The Balaban J connectivity index is 1.47. The van der Waals surface area contributed by atoms with Gasteiger partial charge in [0.15, 0.2) is 5.65 Å². The minimum Gasteiger partial charge on any atom is -0.455 e. The standard InChI is InChI=1S/C25H21BrN8O/c1-4-15-11-21(34-13-27-14(2)25(34)28-15)33(3)16-9-10-20-19(12-16)22(26)23(35-20)17-7-5-6-8-18(17)24-29-31-32-30-24/h5-13H,4H2,1-3H3,(H,29,30,31,32). The molecule has 4 heterocycles. The highest BCUT2D eigenvalue weighted by molar-refractivity contribution is 9.10. The smallest absolute Gasteiger partial charge is 0.205 e. The largest absolute Gasteiger partial charge is 0.455 e. The normalized spacial score (nSPS) is 11.5. The van der Waals surface area contributed by atoms with Crippen LogP contribution in [-0.4, -0.2) is 42.0 Å². The lowest BCUT2D eigenvalue weighted by molar-refractivity contribution is 0.630. The lowest BCUT2D eigenvalue weighted by atomic mass is 10.0. The van der Waals surface area contributed by atoms with Gasteiger partial charge in [0.2, 0.25) is 5.82 Å². The molecule has 0 aliphatic heterocycles. The van der Waals surface area contributed by atoms with E-state index in [1.165, 1.54) is 0 Å². The van der Waals surface area contributed by atoms with Gasteiger partial charge in [-0.15, -0.1) is 10.2 Å². The maximum atomic E-state index is 6.30. The van der Waals surface area contributed by atoms with Gasteiger partial charge in [-0.2, -0.15) is 5.21 Å². The average molecular weight is 529 g/mol. The summed E-state index contributed by atoms with van der Waals surface area (Å²) in [7, 11) is 2.05. The quantitative estimate of drug-likeness (QED) is 0.305. The number of benzene rings is 2. The summed E-state index contributed by atoms with van der Waals surface area (Å²) in [5.74, 6) is 2.22. The zero-order chi connectivity index (χ0) is 24.1. The first kappa shape index (κ1) is 21.5. The van der Waals surface area contributed by atoms with E-state index in [-0.39, 0.29) is 0 Å². The van der Waals surface area contributed by atoms with Crippen LogP contribution in [0.15, 0.2) is 63.7 Å². The Morgan fingerprint density at radius 3 is 2.71 bits per heavy atom. The Hall–Kier alpha value is -4.05. The second-order valence-corrected chi connectivity index (χ2v) is 9.04. The number of nitrogens with one attached hydrogen (secondary N) is 1. The van der Waals surface area contributed by atoms with Crippen molar-refractivity contribution in [2.75, 3.05) is 11.9 Å². The van der Waals surface area contributed by atoms with Crippen LogP contribution in [0.25, 0.3) is 39.3 Å². The third-order valence-electron chi connectivity index (χ3n) is 6.17. The summed E-state index contributed by atoms with van der Waals surface area (Å²) in [6.07, 6.45) is 2.67. The molecular weight excluding hydrogens is 508 g/mol. The van der Waals surface area contributed by atoms with Gasteiger partial charge in [-0.1, -0.05) is 31.2 Å². The van der Waals surface area contributed by atoms with Gasteiger partial charge in [0.1, 0.15) is 23.5 Å². The first-order valence-electron chi connectivity index (χ1n) is 11.2. The van der Waals surface area contributed by atoms with Crippen LogP contribution in [0.3, 0.4) is 0 Å². The maximum Gasteiger partial charge on any atom is 0.205 e. The number of tetrazole rings is 1. The second kappa shape index (κ2) is 8.31. The highest BCUT2D eigenvalue weighted by atomic mass is 79.9. The molecule has 0 fully saturated rings. The van der Waals surface area contributed by atoms with Gasteiger partial charge in [0.05, 0.1) is 10.2 Å². The van der Waals surface area contributed by atoms with Crippen LogP contribution in [0, 0.1) is 6.92 Å². The molecule has 0 aliphatic rings. The number of aromatic nitrogens is 7. The summed E-state index contributed by atoms with van der Waals surface area (Å²) >= 11 is 3.79. The van der Waals surface area contributed by atoms with Crippen LogP contribution in [0.2, 0.25) is 0 Å². The van der Waals surface area contributed by atoms with E-state index in [1.807, 2.05) is 55.0 Å². The fraction of sp³-hybridized carbons (Fsp3) is 0.160. The number of H-pyrrole nitrogens is 1. The molecule has 0 atom stereocenters. The summed E-state index contributed by atoms with van der Waals surface area (Å²) in [5, 5.41) is 15.5. The first-order valence-corrected chi connectivity index (χ1v) is 12.0. The van der Waals surface area contributed by atoms with E-state index in [0.29, 0.717) is 11.6 Å². The zero-order valence-electron chi connectivity index (χ0n) is 19.3. The van der Waals surface area contributed by atoms with E-state index in [2.05, 4.69) is 71.6 Å². The summed E-state index contributed by atoms with van der Waals surface area (Å²) in [6.45, 7) is 4.09. The molecule has 9 nitrogen and oxygen atoms in total. The van der Waals surface area contributed by atoms with Crippen molar-refractivity contribution in [2.45, 2.75) is 20.3 Å². The molecule has 6 aromatic rings. The lowest BCUT2D eigenvalue weighted by Crippen LogP contribution is -2.14. The van der Waals surface area contributed by atoms with Gasteiger partial charge >= 0.3 is 0 Å². The fourth-order valence-electron chi connectivity index (χ4n) is 4.28. The summed E-state index contributed by atoms with van der Waals surface area (Å²) in [5.41, 5.74) is 6.31. The van der Waals surface area contributed by atoms with Crippen molar-refractivity contribution >= 4 is 44.1 Å². The topological polar surface area (TPSA) is 101 Å².